The maximum atomic E-state index is 13.9. The fourth-order valence-electron chi connectivity index (χ4n) is 3.03. The van der Waals surface area contributed by atoms with E-state index in [0.717, 1.165) is 17.8 Å². The lowest BCUT2D eigenvalue weighted by Gasteiger charge is -2.16. The van der Waals surface area contributed by atoms with Gasteiger partial charge in [0.15, 0.2) is 22.6 Å². The molecule has 170 valence electrons. The minimum atomic E-state index is -1.69. The molecule has 0 aliphatic carbocycles. The van der Waals surface area contributed by atoms with Crippen molar-refractivity contribution >= 4 is 45.9 Å². The molecule has 1 amide bonds. The maximum absolute atomic E-state index is 13.9. The second-order valence-electron chi connectivity index (χ2n) is 7.00. The third kappa shape index (κ3) is 4.76. The van der Waals surface area contributed by atoms with E-state index in [4.69, 9.17) is 16.0 Å². The highest BCUT2D eigenvalue weighted by Crippen LogP contribution is 2.26. The number of hydrogen-bond donors (Lipinski definition) is 1. The molecule has 1 atom stereocenters. The summed E-state index contributed by atoms with van der Waals surface area (Å²) in [5.74, 6) is -4.76. The molecule has 2 heterocycles. The van der Waals surface area contributed by atoms with Crippen molar-refractivity contribution in [2.75, 3.05) is 5.32 Å². The van der Waals surface area contributed by atoms with Crippen LogP contribution in [0.25, 0.3) is 10.9 Å². The van der Waals surface area contributed by atoms with Crippen LogP contribution in [0.4, 0.5) is 18.9 Å². The number of nitrogens with zero attached hydrogens (tertiary/aromatic N) is 2. The summed E-state index contributed by atoms with van der Waals surface area (Å²) in [5.41, 5.74) is -0.530. The Hall–Kier alpha value is -3.24. The normalized spacial score (nSPS) is 12.2. The van der Waals surface area contributed by atoms with Gasteiger partial charge in [-0.05, 0) is 49.4 Å². The maximum Gasteiger partial charge on any atom is 0.262 e. The Labute approximate surface area is 194 Å². The van der Waals surface area contributed by atoms with Crippen molar-refractivity contribution < 1.29 is 22.4 Å². The first kappa shape index (κ1) is 22.9. The van der Waals surface area contributed by atoms with Crippen molar-refractivity contribution in [1.29, 1.82) is 0 Å². The first-order chi connectivity index (χ1) is 15.7. The Morgan fingerprint density at radius 3 is 2.73 bits per heavy atom. The van der Waals surface area contributed by atoms with Gasteiger partial charge in [0.25, 0.3) is 5.56 Å². The van der Waals surface area contributed by atoms with E-state index in [1.807, 2.05) is 0 Å². The van der Waals surface area contributed by atoms with Gasteiger partial charge in [0.2, 0.25) is 5.91 Å². The van der Waals surface area contributed by atoms with E-state index < -0.39 is 34.3 Å². The number of fused-ring (bicyclic) bond motifs is 1. The Balaban J connectivity index is 1.67. The van der Waals surface area contributed by atoms with E-state index in [0.29, 0.717) is 27.8 Å². The molecule has 0 bridgehead atoms. The van der Waals surface area contributed by atoms with Crippen molar-refractivity contribution in [3.8, 4) is 0 Å². The molecule has 2 aromatic heterocycles. The summed E-state index contributed by atoms with van der Waals surface area (Å²) >= 11 is 6.97. The standard InChI is InChI=1S/C22H15ClF3N3O3S/c1-11(20(30)27-16-7-6-15(24)18(25)19(16)26)33-22-28-17-9-12(23)4-5-14(17)21(31)29(22)10-13-3-2-8-32-13/h2-9,11H,10H2,1H3,(H,27,30). The summed E-state index contributed by atoms with van der Waals surface area (Å²) < 4.78 is 47.2. The summed E-state index contributed by atoms with van der Waals surface area (Å²) in [7, 11) is 0. The predicted molar refractivity (Wildman–Crippen MR) is 119 cm³/mol. The molecule has 6 nitrogen and oxygen atoms in total. The SMILES string of the molecule is CC(Sc1nc2cc(Cl)ccc2c(=O)n1Cc1ccco1)C(=O)Nc1ccc(F)c(F)c1F. The van der Waals surface area contributed by atoms with Crippen LogP contribution in [0.5, 0.6) is 0 Å². The minimum absolute atomic E-state index is 0.0614. The topological polar surface area (TPSA) is 77.1 Å². The quantitative estimate of drug-likeness (QED) is 0.226. The van der Waals surface area contributed by atoms with Gasteiger partial charge in [0.1, 0.15) is 5.76 Å². The van der Waals surface area contributed by atoms with Crippen molar-refractivity contribution in [3.63, 3.8) is 0 Å². The molecule has 0 aliphatic heterocycles. The molecule has 33 heavy (non-hydrogen) atoms. The first-order valence-electron chi connectivity index (χ1n) is 9.58. The van der Waals surface area contributed by atoms with E-state index in [1.165, 1.54) is 23.8 Å². The molecule has 0 radical (unpaired) electrons. The van der Waals surface area contributed by atoms with Gasteiger partial charge >= 0.3 is 0 Å². The molecule has 2 aromatic carbocycles. The molecule has 4 aromatic rings. The Morgan fingerprint density at radius 2 is 2.00 bits per heavy atom. The Kier molecular flexibility index (Phi) is 6.48. The van der Waals surface area contributed by atoms with Gasteiger partial charge in [-0.25, -0.2) is 18.2 Å². The molecule has 4 rings (SSSR count). The van der Waals surface area contributed by atoms with Gasteiger partial charge < -0.3 is 9.73 Å². The number of carbonyl (C=O) groups is 1. The van der Waals surface area contributed by atoms with Crippen LogP contribution >= 0.6 is 23.4 Å². The number of amides is 1. The van der Waals surface area contributed by atoms with Gasteiger partial charge in [0, 0.05) is 5.02 Å². The van der Waals surface area contributed by atoms with Crippen LogP contribution < -0.4 is 10.9 Å². The summed E-state index contributed by atoms with van der Waals surface area (Å²) in [6, 6.07) is 9.66. The zero-order valence-corrected chi connectivity index (χ0v) is 18.5. The predicted octanol–water partition coefficient (Wildman–Crippen LogP) is 5.23. The molecule has 11 heteroatoms. The molecule has 0 aliphatic rings. The molecule has 1 N–H and O–H groups in total. The first-order valence-corrected chi connectivity index (χ1v) is 10.8. The summed E-state index contributed by atoms with van der Waals surface area (Å²) in [5, 5.41) is 2.25. The molecule has 0 saturated heterocycles. The minimum Gasteiger partial charge on any atom is -0.467 e. The van der Waals surface area contributed by atoms with E-state index >= 15 is 0 Å². The van der Waals surface area contributed by atoms with Crippen LogP contribution in [-0.4, -0.2) is 20.7 Å². The number of halogens is 4. The summed E-state index contributed by atoms with van der Waals surface area (Å²) in [4.78, 5) is 30.3. The highest BCUT2D eigenvalue weighted by atomic mass is 35.5. The van der Waals surface area contributed by atoms with Crippen molar-refractivity contribution in [3.05, 3.63) is 87.3 Å². The van der Waals surface area contributed by atoms with Gasteiger partial charge in [-0.15, -0.1) is 0 Å². The van der Waals surface area contributed by atoms with Crippen LogP contribution in [0.2, 0.25) is 5.02 Å². The number of anilines is 1. The number of benzene rings is 2. The van der Waals surface area contributed by atoms with Gasteiger partial charge in [0.05, 0.1) is 34.6 Å². The zero-order valence-electron chi connectivity index (χ0n) is 16.9. The summed E-state index contributed by atoms with van der Waals surface area (Å²) in [6.45, 7) is 1.56. The van der Waals surface area contributed by atoms with Crippen LogP contribution in [0.15, 0.2) is 63.1 Å². The number of carbonyl (C=O) groups excluding carboxylic acids is 1. The van der Waals surface area contributed by atoms with Crippen LogP contribution in [0.1, 0.15) is 12.7 Å². The number of nitrogens with one attached hydrogen (secondary N) is 1. The number of thioether (sulfide) groups is 1. The van der Waals surface area contributed by atoms with Crippen LogP contribution in [0.3, 0.4) is 0 Å². The molecule has 0 fully saturated rings. The van der Waals surface area contributed by atoms with E-state index in [1.54, 1.807) is 24.3 Å². The lowest BCUT2D eigenvalue weighted by atomic mass is 10.2. The summed E-state index contributed by atoms with van der Waals surface area (Å²) in [6.07, 6.45) is 1.47. The monoisotopic (exact) mass is 493 g/mol. The van der Waals surface area contributed by atoms with E-state index in [-0.39, 0.29) is 17.3 Å². The molecule has 0 saturated carbocycles. The average Bonchev–Trinajstić information content (AvgIpc) is 3.29. The lowest BCUT2D eigenvalue weighted by molar-refractivity contribution is -0.115. The molecule has 0 spiro atoms. The van der Waals surface area contributed by atoms with Gasteiger partial charge in [-0.1, -0.05) is 23.4 Å². The highest BCUT2D eigenvalue weighted by Gasteiger charge is 2.22. The second-order valence-corrected chi connectivity index (χ2v) is 8.74. The molecule has 1 unspecified atom stereocenters. The largest absolute Gasteiger partial charge is 0.467 e. The smallest absolute Gasteiger partial charge is 0.262 e. The fourth-order valence-corrected chi connectivity index (χ4v) is 4.10. The highest BCUT2D eigenvalue weighted by molar-refractivity contribution is 8.00. The van der Waals surface area contributed by atoms with Gasteiger partial charge in [-0.2, -0.15) is 0 Å². The Morgan fingerprint density at radius 1 is 1.21 bits per heavy atom. The zero-order chi connectivity index (χ0) is 23.7. The van der Waals surface area contributed by atoms with E-state index in [2.05, 4.69) is 10.3 Å². The third-order valence-corrected chi connectivity index (χ3v) is 6.05. The van der Waals surface area contributed by atoms with Crippen LogP contribution in [0, 0.1) is 17.5 Å². The number of rotatable bonds is 6. The number of aromatic nitrogens is 2. The lowest BCUT2D eigenvalue weighted by Crippen LogP contribution is -2.27. The van der Waals surface area contributed by atoms with Crippen LogP contribution in [-0.2, 0) is 11.3 Å². The van der Waals surface area contributed by atoms with Gasteiger partial charge in [-0.3, -0.25) is 14.2 Å². The Bertz CT molecular complexity index is 1410. The van der Waals surface area contributed by atoms with Crippen molar-refractivity contribution in [2.45, 2.75) is 23.9 Å². The average molecular weight is 494 g/mol. The van der Waals surface area contributed by atoms with Crippen molar-refractivity contribution in [1.82, 2.24) is 9.55 Å². The van der Waals surface area contributed by atoms with E-state index in [9.17, 15) is 22.8 Å². The number of furan rings is 1. The fraction of sp³-hybridized carbons (Fsp3) is 0.136. The van der Waals surface area contributed by atoms with Crippen molar-refractivity contribution in [2.24, 2.45) is 0 Å². The molecular weight excluding hydrogens is 479 g/mol. The number of hydrogen-bond acceptors (Lipinski definition) is 5. The third-order valence-electron chi connectivity index (χ3n) is 4.72. The second kappa shape index (κ2) is 9.32. The molecular formula is C22H15ClF3N3O3S.